The van der Waals surface area contributed by atoms with Gasteiger partial charge in [0.25, 0.3) is 5.56 Å². The van der Waals surface area contributed by atoms with Crippen molar-refractivity contribution in [3.63, 3.8) is 0 Å². The second-order valence-electron chi connectivity index (χ2n) is 6.44. The minimum Gasteiger partial charge on any atom is -0.465 e. The van der Waals surface area contributed by atoms with E-state index in [4.69, 9.17) is 10.8 Å². The fourth-order valence-corrected chi connectivity index (χ4v) is 3.33. The average Bonchev–Trinajstić information content (AvgIpc) is 3.07. The van der Waals surface area contributed by atoms with Crippen LogP contribution in [-0.2, 0) is 20.1 Å². The molecule has 0 atom stereocenters. The number of nitrogens with two attached hydrogens (primary N) is 1. The van der Waals surface area contributed by atoms with Crippen molar-refractivity contribution in [2.45, 2.75) is 20.0 Å². The summed E-state index contributed by atoms with van der Waals surface area (Å²) >= 11 is 0. The Morgan fingerprint density at radius 1 is 1.21 bits per heavy atom. The molecule has 0 saturated carbocycles. The van der Waals surface area contributed by atoms with E-state index < -0.39 is 17.3 Å². The van der Waals surface area contributed by atoms with Crippen LogP contribution in [0.3, 0.4) is 0 Å². The van der Waals surface area contributed by atoms with E-state index in [-0.39, 0.29) is 30.8 Å². The highest BCUT2D eigenvalue weighted by molar-refractivity contribution is 5.75. The number of aryl methyl sites for hydroxylation is 1. The van der Waals surface area contributed by atoms with Gasteiger partial charge in [0.05, 0.1) is 6.54 Å². The minimum atomic E-state index is -0.961. The number of anilines is 1. The van der Waals surface area contributed by atoms with Crippen molar-refractivity contribution in [1.82, 2.24) is 23.6 Å². The second kappa shape index (κ2) is 7.77. The van der Waals surface area contributed by atoms with Crippen molar-refractivity contribution in [2.75, 3.05) is 37.6 Å². The van der Waals surface area contributed by atoms with Gasteiger partial charge in [-0.3, -0.25) is 18.5 Å². The van der Waals surface area contributed by atoms with Crippen LogP contribution in [0.1, 0.15) is 6.92 Å². The molecule has 0 radical (unpaired) electrons. The van der Waals surface area contributed by atoms with Gasteiger partial charge in [-0.15, -0.1) is 5.92 Å². The largest absolute Gasteiger partial charge is 0.465 e. The Balaban J connectivity index is 2.17. The molecule has 2 aromatic heterocycles. The normalized spacial score (nSPS) is 14.2. The topological polar surface area (TPSA) is 132 Å². The summed E-state index contributed by atoms with van der Waals surface area (Å²) in [5, 5.41) is 9.14. The Morgan fingerprint density at radius 3 is 2.46 bits per heavy atom. The summed E-state index contributed by atoms with van der Waals surface area (Å²) in [6.07, 6.45) is -0.961. The van der Waals surface area contributed by atoms with Crippen molar-refractivity contribution in [1.29, 1.82) is 0 Å². The zero-order valence-corrected chi connectivity index (χ0v) is 15.9. The van der Waals surface area contributed by atoms with Gasteiger partial charge >= 0.3 is 11.8 Å². The predicted octanol–water partition coefficient (Wildman–Crippen LogP) is -1.32. The molecule has 1 saturated heterocycles. The lowest BCUT2D eigenvalue weighted by Crippen LogP contribution is -2.49. The first-order valence-corrected chi connectivity index (χ1v) is 8.93. The zero-order chi connectivity index (χ0) is 20.4. The lowest BCUT2D eigenvalue weighted by molar-refractivity contribution is 0.142. The maximum Gasteiger partial charge on any atom is 0.407 e. The summed E-state index contributed by atoms with van der Waals surface area (Å²) in [4.78, 5) is 44.5. The van der Waals surface area contributed by atoms with Crippen LogP contribution >= 0.6 is 0 Å². The summed E-state index contributed by atoms with van der Waals surface area (Å²) in [5.41, 5.74) is 5.19. The number of hydrogen-bond donors (Lipinski definition) is 2. The third-order valence-corrected chi connectivity index (χ3v) is 4.81. The first-order chi connectivity index (χ1) is 13.4. The summed E-state index contributed by atoms with van der Waals surface area (Å²) in [7, 11) is 1.56. The molecule has 11 heteroatoms. The van der Waals surface area contributed by atoms with Crippen LogP contribution in [0.15, 0.2) is 9.59 Å². The zero-order valence-electron chi connectivity index (χ0n) is 15.9. The minimum absolute atomic E-state index is 0.110. The van der Waals surface area contributed by atoms with Gasteiger partial charge in [0.1, 0.15) is 0 Å². The molecule has 2 aromatic rings. The lowest BCUT2D eigenvalue weighted by Gasteiger charge is -2.33. The van der Waals surface area contributed by atoms with Crippen LogP contribution in [0, 0.1) is 11.8 Å². The Hall–Kier alpha value is -3.26. The van der Waals surface area contributed by atoms with Crippen molar-refractivity contribution >= 4 is 23.2 Å². The average molecular weight is 389 g/mol. The van der Waals surface area contributed by atoms with Crippen molar-refractivity contribution < 1.29 is 9.90 Å². The molecule has 3 N–H and O–H groups in total. The number of carboxylic acid groups (broad SMARTS) is 1. The van der Waals surface area contributed by atoms with Crippen LogP contribution < -0.4 is 21.9 Å². The molecule has 3 heterocycles. The van der Waals surface area contributed by atoms with Gasteiger partial charge in [-0.05, 0) is 6.92 Å². The Kier molecular flexibility index (Phi) is 5.41. The summed E-state index contributed by atoms with van der Waals surface area (Å²) < 4.78 is 4.13. The van der Waals surface area contributed by atoms with E-state index in [2.05, 4.69) is 16.8 Å². The maximum atomic E-state index is 13.0. The number of rotatable bonds is 4. The standard InChI is InChI=1S/C17H23N7O4/c1-3-4-6-23-12-13(20(2)16(26)24(7-5-18)14(12)25)19-15(23)21-8-10-22(11-9-21)17(27)28/h5-11,18H2,1-2H3,(H,27,28). The maximum absolute atomic E-state index is 13.0. The first-order valence-electron chi connectivity index (χ1n) is 8.93. The van der Waals surface area contributed by atoms with Crippen LogP contribution in [0.25, 0.3) is 11.2 Å². The molecule has 11 nitrogen and oxygen atoms in total. The molecular weight excluding hydrogens is 366 g/mol. The second-order valence-corrected chi connectivity index (χ2v) is 6.44. The van der Waals surface area contributed by atoms with Crippen molar-refractivity contribution in [3.8, 4) is 11.8 Å². The van der Waals surface area contributed by atoms with Crippen LogP contribution in [0.2, 0.25) is 0 Å². The molecule has 0 unspecified atom stereocenters. The number of carbonyl (C=O) groups is 1. The van der Waals surface area contributed by atoms with Gasteiger partial charge in [-0.2, -0.15) is 4.98 Å². The monoisotopic (exact) mass is 389 g/mol. The van der Waals surface area contributed by atoms with Gasteiger partial charge in [-0.1, -0.05) is 5.92 Å². The molecule has 1 amide bonds. The smallest absolute Gasteiger partial charge is 0.407 e. The molecular formula is C17H23N7O4. The number of piperazine rings is 1. The number of fused-ring (bicyclic) bond motifs is 1. The predicted molar refractivity (Wildman–Crippen MR) is 104 cm³/mol. The van der Waals surface area contributed by atoms with Crippen molar-refractivity contribution in [2.24, 2.45) is 12.8 Å². The summed E-state index contributed by atoms with van der Waals surface area (Å²) in [6.45, 7) is 3.72. The molecule has 0 spiro atoms. The Bertz CT molecular complexity index is 1080. The van der Waals surface area contributed by atoms with Gasteiger partial charge in [0.2, 0.25) is 5.95 Å². The van der Waals surface area contributed by atoms with Crippen molar-refractivity contribution in [3.05, 3.63) is 20.8 Å². The molecule has 0 bridgehead atoms. The molecule has 1 aliphatic heterocycles. The van der Waals surface area contributed by atoms with Crippen LogP contribution in [-0.4, -0.2) is 67.5 Å². The summed E-state index contributed by atoms with van der Waals surface area (Å²) in [5.74, 6) is 6.25. The highest BCUT2D eigenvalue weighted by atomic mass is 16.4. The lowest BCUT2D eigenvalue weighted by atomic mass is 10.3. The third kappa shape index (κ3) is 3.22. The Morgan fingerprint density at radius 2 is 1.89 bits per heavy atom. The van der Waals surface area contributed by atoms with Gasteiger partial charge in [0, 0.05) is 46.3 Å². The molecule has 28 heavy (non-hydrogen) atoms. The number of aromatic nitrogens is 4. The molecule has 150 valence electrons. The van der Waals surface area contributed by atoms with Gasteiger partial charge in [-0.25, -0.2) is 9.59 Å². The van der Waals surface area contributed by atoms with Crippen LogP contribution in [0.5, 0.6) is 0 Å². The van der Waals surface area contributed by atoms with E-state index in [1.165, 1.54) is 9.47 Å². The number of hydrogen-bond acceptors (Lipinski definition) is 6. The molecule has 0 aliphatic carbocycles. The number of nitrogens with zero attached hydrogens (tertiary/aromatic N) is 6. The molecule has 1 aliphatic rings. The quantitative estimate of drug-likeness (QED) is 0.620. The summed E-state index contributed by atoms with van der Waals surface area (Å²) in [6, 6.07) is 0. The fourth-order valence-electron chi connectivity index (χ4n) is 3.33. The van der Waals surface area contributed by atoms with E-state index in [0.29, 0.717) is 32.1 Å². The number of amides is 1. The van der Waals surface area contributed by atoms with Gasteiger partial charge in [0.15, 0.2) is 11.2 Å². The van der Waals surface area contributed by atoms with E-state index >= 15 is 0 Å². The first kappa shape index (κ1) is 19.5. The Labute approximate surface area is 160 Å². The van der Waals surface area contributed by atoms with E-state index in [9.17, 15) is 14.4 Å². The fraction of sp³-hybridized carbons (Fsp3) is 0.529. The number of imidazole rings is 1. The third-order valence-electron chi connectivity index (χ3n) is 4.81. The van der Waals surface area contributed by atoms with Crippen LogP contribution in [0.4, 0.5) is 10.7 Å². The molecule has 1 fully saturated rings. The van der Waals surface area contributed by atoms with Gasteiger partial charge < -0.3 is 20.6 Å². The molecule has 0 aromatic carbocycles. The molecule has 3 rings (SSSR count). The van der Waals surface area contributed by atoms with E-state index in [0.717, 1.165) is 4.57 Å². The highest BCUT2D eigenvalue weighted by Crippen LogP contribution is 2.21. The van der Waals surface area contributed by atoms with E-state index in [1.54, 1.807) is 18.5 Å². The SMILES string of the molecule is CC#CCn1c(N2CCN(C(=O)O)CC2)nc2c1c(=O)n(CCN)c(=O)n2C. The highest BCUT2D eigenvalue weighted by Gasteiger charge is 2.27. The van der Waals surface area contributed by atoms with E-state index in [1.807, 2.05) is 4.90 Å².